The van der Waals surface area contributed by atoms with Crippen LogP contribution >= 0.6 is 11.3 Å². The topological polar surface area (TPSA) is 56.7 Å². The minimum atomic E-state index is -0.640. The van der Waals surface area contributed by atoms with E-state index in [1.807, 2.05) is 11.3 Å². The SMILES string of the molecule is O=C(O)CC1(N2CC(CN3CCC(c4cnc(Cc5ccccc5)s4)CC3)C(c3ccccc3)C2)CCCCC1. The number of thiazole rings is 1. The number of rotatable bonds is 9. The molecule has 1 aliphatic carbocycles. The maximum atomic E-state index is 12.0. The number of likely N-dealkylation sites (tertiary alicyclic amines) is 2. The first-order valence-corrected chi connectivity index (χ1v) is 16.1. The van der Waals surface area contributed by atoms with Gasteiger partial charge in [-0.3, -0.25) is 9.69 Å². The zero-order valence-corrected chi connectivity index (χ0v) is 24.4. The molecular weight excluding hydrogens is 514 g/mol. The summed E-state index contributed by atoms with van der Waals surface area (Å²) in [6.07, 6.45) is 11.3. The molecule has 3 fully saturated rings. The van der Waals surface area contributed by atoms with Crippen LogP contribution in [0.3, 0.4) is 0 Å². The van der Waals surface area contributed by atoms with Gasteiger partial charge in [-0.25, -0.2) is 4.98 Å². The number of aliphatic carboxylic acids is 1. The van der Waals surface area contributed by atoms with Crippen molar-refractivity contribution in [1.29, 1.82) is 0 Å². The predicted molar refractivity (Wildman–Crippen MR) is 162 cm³/mol. The lowest BCUT2D eigenvalue weighted by molar-refractivity contribution is -0.141. The van der Waals surface area contributed by atoms with Crippen molar-refractivity contribution in [2.75, 3.05) is 32.7 Å². The molecule has 0 spiro atoms. The molecule has 6 heteroatoms. The van der Waals surface area contributed by atoms with Crippen molar-refractivity contribution in [2.24, 2.45) is 5.92 Å². The highest BCUT2D eigenvalue weighted by molar-refractivity contribution is 7.11. The Morgan fingerprint density at radius 1 is 0.950 bits per heavy atom. The summed E-state index contributed by atoms with van der Waals surface area (Å²) in [5, 5.41) is 11.1. The molecule has 3 heterocycles. The van der Waals surface area contributed by atoms with E-state index >= 15 is 0 Å². The third-order valence-corrected chi connectivity index (χ3v) is 11.0. The number of carbonyl (C=O) groups is 1. The number of hydrogen-bond donors (Lipinski definition) is 1. The molecule has 2 unspecified atom stereocenters. The number of carboxylic acid groups (broad SMARTS) is 1. The molecule has 0 amide bonds. The zero-order chi connectivity index (χ0) is 27.4. The quantitative estimate of drug-likeness (QED) is 0.313. The number of nitrogens with zero attached hydrogens (tertiary/aromatic N) is 3. The Morgan fingerprint density at radius 3 is 2.35 bits per heavy atom. The Kier molecular flexibility index (Phi) is 8.66. The number of benzene rings is 2. The molecule has 6 rings (SSSR count). The molecule has 212 valence electrons. The second-order valence-electron chi connectivity index (χ2n) is 12.4. The van der Waals surface area contributed by atoms with Crippen LogP contribution in [0.25, 0.3) is 0 Å². The number of aromatic nitrogens is 1. The van der Waals surface area contributed by atoms with Crippen LogP contribution in [-0.4, -0.2) is 64.1 Å². The van der Waals surface area contributed by atoms with Crippen molar-refractivity contribution in [3.05, 3.63) is 87.9 Å². The van der Waals surface area contributed by atoms with Crippen LogP contribution in [0, 0.1) is 5.92 Å². The van der Waals surface area contributed by atoms with E-state index < -0.39 is 5.97 Å². The van der Waals surface area contributed by atoms with Gasteiger partial charge in [-0.05, 0) is 61.7 Å². The fraction of sp³-hybridized carbons (Fsp3) is 0.529. The summed E-state index contributed by atoms with van der Waals surface area (Å²) in [5.74, 6) is 0.976. The Labute approximate surface area is 243 Å². The van der Waals surface area contributed by atoms with Crippen LogP contribution in [-0.2, 0) is 11.2 Å². The molecule has 1 N–H and O–H groups in total. The molecule has 1 aromatic heterocycles. The number of hydrogen-bond acceptors (Lipinski definition) is 5. The van der Waals surface area contributed by atoms with Gasteiger partial charge in [0.2, 0.25) is 0 Å². The van der Waals surface area contributed by atoms with E-state index in [1.165, 1.54) is 40.3 Å². The largest absolute Gasteiger partial charge is 0.481 e. The van der Waals surface area contributed by atoms with Crippen molar-refractivity contribution in [2.45, 2.75) is 75.2 Å². The maximum Gasteiger partial charge on any atom is 0.305 e. The first-order valence-electron chi connectivity index (χ1n) is 15.3. The molecule has 2 aromatic carbocycles. The number of carboxylic acids is 1. The smallest absolute Gasteiger partial charge is 0.305 e. The summed E-state index contributed by atoms with van der Waals surface area (Å²) >= 11 is 1.90. The molecule has 2 atom stereocenters. The minimum absolute atomic E-state index is 0.164. The molecular formula is C34H43N3O2S. The Morgan fingerprint density at radius 2 is 1.65 bits per heavy atom. The van der Waals surface area contributed by atoms with E-state index in [-0.39, 0.29) is 12.0 Å². The van der Waals surface area contributed by atoms with Crippen molar-refractivity contribution < 1.29 is 9.90 Å². The van der Waals surface area contributed by atoms with Crippen molar-refractivity contribution in [1.82, 2.24) is 14.8 Å². The van der Waals surface area contributed by atoms with E-state index in [0.717, 1.165) is 64.8 Å². The highest BCUT2D eigenvalue weighted by Crippen LogP contribution is 2.44. The molecule has 5 nitrogen and oxygen atoms in total. The van der Waals surface area contributed by atoms with E-state index in [1.54, 1.807) is 0 Å². The highest BCUT2D eigenvalue weighted by atomic mass is 32.1. The second-order valence-corrected chi connectivity index (χ2v) is 13.6. The van der Waals surface area contributed by atoms with Crippen LogP contribution in [0.2, 0.25) is 0 Å². The summed E-state index contributed by atoms with van der Waals surface area (Å²) in [7, 11) is 0. The Bertz CT molecular complexity index is 1230. The molecule has 2 aliphatic heterocycles. The van der Waals surface area contributed by atoms with Gasteiger partial charge in [-0.1, -0.05) is 79.9 Å². The molecule has 0 bridgehead atoms. The van der Waals surface area contributed by atoms with E-state index in [4.69, 9.17) is 4.98 Å². The van der Waals surface area contributed by atoms with E-state index in [2.05, 4.69) is 76.7 Å². The average molecular weight is 558 g/mol. The van der Waals surface area contributed by atoms with Gasteiger partial charge in [-0.2, -0.15) is 0 Å². The Hall–Kier alpha value is -2.54. The summed E-state index contributed by atoms with van der Waals surface area (Å²) in [5.41, 5.74) is 2.58. The zero-order valence-electron chi connectivity index (χ0n) is 23.6. The molecule has 3 aliphatic rings. The van der Waals surface area contributed by atoms with Gasteiger partial charge in [0.1, 0.15) is 0 Å². The molecule has 1 saturated carbocycles. The normalized spacial score (nSPS) is 24.3. The molecule has 3 aromatic rings. The van der Waals surface area contributed by atoms with Gasteiger partial charge in [0, 0.05) is 48.6 Å². The van der Waals surface area contributed by atoms with Crippen LogP contribution in [0.4, 0.5) is 0 Å². The third kappa shape index (κ3) is 6.35. The lowest BCUT2D eigenvalue weighted by Crippen LogP contribution is -2.50. The molecule has 0 radical (unpaired) electrons. The van der Waals surface area contributed by atoms with Crippen molar-refractivity contribution in [3.8, 4) is 0 Å². The lowest BCUT2D eigenvalue weighted by Gasteiger charge is -2.44. The first kappa shape index (κ1) is 27.6. The predicted octanol–water partition coefficient (Wildman–Crippen LogP) is 6.81. The van der Waals surface area contributed by atoms with Crippen molar-refractivity contribution in [3.63, 3.8) is 0 Å². The fourth-order valence-electron chi connectivity index (χ4n) is 7.71. The Balaban J connectivity index is 1.10. The van der Waals surface area contributed by atoms with Crippen LogP contribution in [0.1, 0.15) is 84.2 Å². The van der Waals surface area contributed by atoms with Crippen molar-refractivity contribution >= 4 is 17.3 Å². The monoisotopic (exact) mass is 557 g/mol. The van der Waals surface area contributed by atoms with Gasteiger partial charge >= 0.3 is 5.97 Å². The standard InChI is InChI=1S/C34H43N3O2S/c38-33(39)21-34(16-8-3-9-17-34)37-24-29(30(25-37)27-12-6-2-7-13-27)23-36-18-14-28(15-19-36)31-22-35-32(40-31)20-26-10-4-1-5-11-26/h1-2,4-7,10-13,22,28-30H,3,8-9,14-21,23-25H2,(H,38,39). The van der Waals surface area contributed by atoms with Gasteiger partial charge in [-0.15, -0.1) is 11.3 Å². The summed E-state index contributed by atoms with van der Waals surface area (Å²) < 4.78 is 0. The highest BCUT2D eigenvalue weighted by Gasteiger charge is 2.46. The molecule has 2 saturated heterocycles. The fourth-order valence-corrected chi connectivity index (χ4v) is 8.84. The van der Waals surface area contributed by atoms with Crippen LogP contribution < -0.4 is 0 Å². The second kappa shape index (κ2) is 12.5. The molecule has 40 heavy (non-hydrogen) atoms. The van der Waals surface area contributed by atoms with Gasteiger partial charge < -0.3 is 10.0 Å². The number of piperidine rings is 1. The summed E-state index contributed by atoms with van der Waals surface area (Å²) in [4.78, 5) is 23.5. The van der Waals surface area contributed by atoms with E-state index in [9.17, 15) is 9.90 Å². The van der Waals surface area contributed by atoms with E-state index in [0.29, 0.717) is 17.8 Å². The summed E-state index contributed by atoms with van der Waals surface area (Å²) in [6, 6.07) is 21.6. The first-order chi connectivity index (χ1) is 19.6. The van der Waals surface area contributed by atoms with Crippen LogP contribution in [0.15, 0.2) is 66.9 Å². The third-order valence-electron chi connectivity index (χ3n) is 9.86. The lowest BCUT2D eigenvalue weighted by atomic mass is 9.78. The van der Waals surface area contributed by atoms with Crippen LogP contribution in [0.5, 0.6) is 0 Å². The average Bonchev–Trinajstić information content (AvgIpc) is 3.63. The van der Waals surface area contributed by atoms with Gasteiger partial charge in [0.15, 0.2) is 0 Å². The summed E-state index contributed by atoms with van der Waals surface area (Å²) in [6.45, 7) is 5.38. The minimum Gasteiger partial charge on any atom is -0.481 e. The maximum absolute atomic E-state index is 12.0. The van der Waals surface area contributed by atoms with Gasteiger partial charge in [0.25, 0.3) is 0 Å². The van der Waals surface area contributed by atoms with Gasteiger partial charge in [0.05, 0.1) is 11.4 Å².